The molecular formula is C14H13FN4. The van der Waals surface area contributed by atoms with Crippen LogP contribution in [0.25, 0.3) is 22.4 Å². The normalized spacial score (nSPS) is 11.1. The minimum Gasteiger partial charge on any atom is -0.383 e. The van der Waals surface area contributed by atoms with Gasteiger partial charge in [-0.1, -0.05) is 12.1 Å². The van der Waals surface area contributed by atoms with Crippen molar-refractivity contribution in [3.8, 4) is 11.4 Å². The van der Waals surface area contributed by atoms with Crippen LogP contribution in [0.4, 0.5) is 10.2 Å². The molecule has 96 valence electrons. The lowest BCUT2D eigenvalue weighted by Crippen LogP contribution is -1.98. The number of H-pyrrole nitrogens is 1. The topological polar surface area (TPSA) is 67.6 Å². The molecule has 1 aromatic carbocycles. The Balaban J connectivity index is 2.30. The maximum absolute atomic E-state index is 13.8. The molecule has 3 rings (SSSR count). The lowest BCUT2D eigenvalue weighted by atomic mass is 10.2. The zero-order valence-electron chi connectivity index (χ0n) is 10.7. The molecule has 0 unspecified atom stereocenters. The van der Waals surface area contributed by atoms with Gasteiger partial charge >= 0.3 is 0 Å². The molecule has 0 radical (unpaired) electrons. The zero-order valence-corrected chi connectivity index (χ0v) is 10.7. The van der Waals surface area contributed by atoms with E-state index in [2.05, 4.69) is 15.0 Å². The van der Waals surface area contributed by atoms with Gasteiger partial charge in [-0.05, 0) is 31.5 Å². The average Bonchev–Trinajstić information content (AvgIpc) is 2.66. The number of nitrogens with one attached hydrogen (secondary N) is 1. The number of aromatic nitrogens is 3. The van der Waals surface area contributed by atoms with Crippen molar-refractivity contribution in [2.24, 2.45) is 0 Å². The first-order valence-electron chi connectivity index (χ1n) is 5.95. The third-order valence-corrected chi connectivity index (χ3v) is 3.30. The van der Waals surface area contributed by atoms with Crippen molar-refractivity contribution in [1.82, 2.24) is 15.0 Å². The first kappa shape index (κ1) is 11.6. The van der Waals surface area contributed by atoms with Gasteiger partial charge in [-0.15, -0.1) is 0 Å². The molecule has 0 aliphatic carbocycles. The molecule has 4 nitrogen and oxygen atoms in total. The number of fused-ring (bicyclic) bond motifs is 1. The Bertz CT molecular complexity index is 776. The maximum atomic E-state index is 13.8. The average molecular weight is 256 g/mol. The molecule has 0 aliphatic heterocycles. The van der Waals surface area contributed by atoms with E-state index in [0.29, 0.717) is 22.9 Å². The summed E-state index contributed by atoms with van der Waals surface area (Å²) in [6, 6.07) is 6.39. The van der Waals surface area contributed by atoms with E-state index in [9.17, 15) is 4.39 Å². The van der Waals surface area contributed by atoms with Crippen LogP contribution in [0.15, 0.2) is 24.3 Å². The molecule has 3 N–H and O–H groups in total. The summed E-state index contributed by atoms with van der Waals surface area (Å²) >= 11 is 0. The number of nitrogens with two attached hydrogens (primary N) is 1. The van der Waals surface area contributed by atoms with Crippen LogP contribution in [0, 0.1) is 19.7 Å². The maximum Gasteiger partial charge on any atom is 0.166 e. The molecule has 3 aromatic rings. The van der Waals surface area contributed by atoms with Crippen LogP contribution in [0.5, 0.6) is 0 Å². The Labute approximate surface area is 109 Å². The predicted molar refractivity (Wildman–Crippen MR) is 73.2 cm³/mol. The van der Waals surface area contributed by atoms with Gasteiger partial charge < -0.3 is 10.7 Å². The van der Waals surface area contributed by atoms with Gasteiger partial charge in [-0.3, -0.25) is 0 Å². The molecule has 0 atom stereocenters. The van der Waals surface area contributed by atoms with Crippen molar-refractivity contribution in [2.45, 2.75) is 13.8 Å². The van der Waals surface area contributed by atoms with E-state index in [0.717, 1.165) is 16.6 Å². The highest BCUT2D eigenvalue weighted by molar-refractivity contribution is 5.91. The number of aromatic amines is 1. The Hall–Kier alpha value is -2.43. The highest BCUT2D eigenvalue weighted by Crippen LogP contribution is 2.28. The summed E-state index contributed by atoms with van der Waals surface area (Å²) in [6.45, 7) is 3.90. The fourth-order valence-electron chi connectivity index (χ4n) is 2.16. The first-order valence-corrected chi connectivity index (χ1v) is 5.95. The van der Waals surface area contributed by atoms with Crippen molar-refractivity contribution in [1.29, 1.82) is 0 Å². The van der Waals surface area contributed by atoms with Crippen molar-refractivity contribution >= 4 is 16.9 Å². The van der Waals surface area contributed by atoms with Gasteiger partial charge in [0.2, 0.25) is 0 Å². The van der Waals surface area contributed by atoms with Crippen LogP contribution in [0.2, 0.25) is 0 Å². The van der Waals surface area contributed by atoms with Crippen molar-refractivity contribution in [2.75, 3.05) is 5.73 Å². The first-order chi connectivity index (χ1) is 9.08. The molecule has 2 heterocycles. The summed E-state index contributed by atoms with van der Waals surface area (Å²) in [6.07, 6.45) is 0. The van der Waals surface area contributed by atoms with Crippen LogP contribution >= 0.6 is 0 Å². The van der Waals surface area contributed by atoms with Crippen LogP contribution in [0.3, 0.4) is 0 Å². The number of anilines is 1. The van der Waals surface area contributed by atoms with Gasteiger partial charge in [-0.2, -0.15) is 0 Å². The summed E-state index contributed by atoms with van der Waals surface area (Å²) in [7, 11) is 0. The van der Waals surface area contributed by atoms with Crippen LogP contribution in [-0.4, -0.2) is 15.0 Å². The van der Waals surface area contributed by atoms with Crippen LogP contribution < -0.4 is 5.73 Å². The summed E-state index contributed by atoms with van der Waals surface area (Å²) in [5.74, 6) is 0.302. The zero-order chi connectivity index (χ0) is 13.6. The van der Waals surface area contributed by atoms with Gasteiger partial charge in [0.15, 0.2) is 5.82 Å². The quantitative estimate of drug-likeness (QED) is 0.703. The van der Waals surface area contributed by atoms with Crippen LogP contribution in [-0.2, 0) is 0 Å². The van der Waals surface area contributed by atoms with Crippen molar-refractivity contribution in [3.63, 3.8) is 0 Å². The molecule has 0 bridgehead atoms. The minimum atomic E-state index is -0.360. The van der Waals surface area contributed by atoms with E-state index in [1.165, 1.54) is 6.07 Å². The molecule has 0 fully saturated rings. The number of rotatable bonds is 1. The number of halogens is 1. The molecule has 19 heavy (non-hydrogen) atoms. The number of hydrogen-bond donors (Lipinski definition) is 2. The fraction of sp³-hybridized carbons (Fsp3) is 0.143. The fourth-order valence-corrected chi connectivity index (χ4v) is 2.16. The second kappa shape index (κ2) is 4.05. The third kappa shape index (κ3) is 1.74. The van der Waals surface area contributed by atoms with Crippen LogP contribution in [0.1, 0.15) is 11.3 Å². The molecule has 0 spiro atoms. The van der Waals surface area contributed by atoms with E-state index >= 15 is 0 Å². The largest absolute Gasteiger partial charge is 0.383 e. The van der Waals surface area contributed by atoms with E-state index in [1.807, 2.05) is 13.8 Å². The summed E-state index contributed by atoms with van der Waals surface area (Å²) in [5.41, 5.74) is 8.96. The number of nitrogen functional groups attached to an aromatic ring is 1. The lowest BCUT2D eigenvalue weighted by molar-refractivity contribution is 0.630. The number of benzene rings is 1. The highest BCUT2D eigenvalue weighted by Gasteiger charge is 2.14. The predicted octanol–water partition coefficient (Wildman–Crippen LogP) is 2.96. The Kier molecular flexibility index (Phi) is 2.48. The van der Waals surface area contributed by atoms with Gasteiger partial charge in [0.1, 0.15) is 17.3 Å². The van der Waals surface area contributed by atoms with E-state index in [4.69, 9.17) is 5.73 Å². The summed E-state index contributed by atoms with van der Waals surface area (Å²) in [5, 5.41) is 0.803. The number of aryl methyl sites for hydroxylation is 2. The standard InChI is InChI=1S/C14H13FN4/c1-7-8(2)17-14-11(7)12(16)18-13(19-14)9-5-3-4-6-10(9)15/h3-6H,1-2H3,(H3,16,17,18,19). The van der Waals surface area contributed by atoms with E-state index < -0.39 is 0 Å². The van der Waals surface area contributed by atoms with E-state index in [1.54, 1.807) is 18.2 Å². The molecule has 0 saturated carbocycles. The summed E-state index contributed by atoms with van der Waals surface area (Å²) < 4.78 is 13.8. The molecule has 5 heteroatoms. The molecule has 0 saturated heterocycles. The minimum absolute atomic E-state index is 0.296. The Morgan fingerprint density at radius 3 is 2.63 bits per heavy atom. The van der Waals surface area contributed by atoms with Gasteiger partial charge in [0.25, 0.3) is 0 Å². The lowest BCUT2D eigenvalue weighted by Gasteiger charge is -2.04. The number of hydrogen-bond acceptors (Lipinski definition) is 3. The molecule has 0 aliphatic rings. The molecular weight excluding hydrogens is 243 g/mol. The molecule has 0 amide bonds. The van der Waals surface area contributed by atoms with Crippen molar-refractivity contribution in [3.05, 3.63) is 41.3 Å². The smallest absolute Gasteiger partial charge is 0.166 e. The van der Waals surface area contributed by atoms with Crippen molar-refractivity contribution < 1.29 is 4.39 Å². The van der Waals surface area contributed by atoms with Gasteiger partial charge in [-0.25, -0.2) is 14.4 Å². The van der Waals surface area contributed by atoms with Gasteiger partial charge in [0.05, 0.1) is 10.9 Å². The Morgan fingerprint density at radius 1 is 1.16 bits per heavy atom. The molecule has 2 aromatic heterocycles. The van der Waals surface area contributed by atoms with E-state index in [-0.39, 0.29) is 5.82 Å². The third-order valence-electron chi connectivity index (χ3n) is 3.30. The SMILES string of the molecule is Cc1[nH]c2nc(-c3ccccc3F)nc(N)c2c1C. The van der Waals surface area contributed by atoms with Gasteiger partial charge in [0, 0.05) is 5.69 Å². The second-order valence-electron chi connectivity index (χ2n) is 4.51. The monoisotopic (exact) mass is 256 g/mol. The second-order valence-corrected chi connectivity index (χ2v) is 4.51. The highest BCUT2D eigenvalue weighted by atomic mass is 19.1. The summed E-state index contributed by atoms with van der Waals surface area (Å²) in [4.78, 5) is 11.7. The Morgan fingerprint density at radius 2 is 1.89 bits per heavy atom. The number of nitrogens with zero attached hydrogens (tertiary/aromatic N) is 2.